The first-order valence-corrected chi connectivity index (χ1v) is 8.27. The van der Waals surface area contributed by atoms with Gasteiger partial charge in [-0.1, -0.05) is 6.07 Å². The van der Waals surface area contributed by atoms with E-state index in [2.05, 4.69) is 10.3 Å². The summed E-state index contributed by atoms with van der Waals surface area (Å²) < 4.78 is 10.5. The van der Waals surface area contributed by atoms with Gasteiger partial charge in [0.15, 0.2) is 11.5 Å². The molecule has 0 spiro atoms. The molecule has 1 aromatic heterocycles. The lowest BCUT2D eigenvalue weighted by molar-refractivity contribution is -0.385. The predicted molar refractivity (Wildman–Crippen MR) is 101 cm³/mol. The molecule has 9 nitrogen and oxygen atoms in total. The number of methoxy groups -OCH3 is 1. The zero-order valence-electron chi connectivity index (χ0n) is 15.7. The van der Waals surface area contributed by atoms with Crippen LogP contribution in [0, 0.1) is 10.1 Å². The van der Waals surface area contributed by atoms with Gasteiger partial charge in [0, 0.05) is 38.5 Å². The molecule has 0 aliphatic heterocycles. The molecule has 0 fully saturated rings. The van der Waals surface area contributed by atoms with Gasteiger partial charge >= 0.3 is 0 Å². The van der Waals surface area contributed by atoms with Crippen LogP contribution in [0.25, 0.3) is 0 Å². The maximum atomic E-state index is 12.6. The molecule has 1 aromatic carbocycles. The number of hydrogen-bond donors (Lipinski definition) is 1. The summed E-state index contributed by atoms with van der Waals surface area (Å²) in [6.07, 6.45) is 1.66. The third-order valence-corrected chi connectivity index (χ3v) is 3.75. The summed E-state index contributed by atoms with van der Waals surface area (Å²) in [6.45, 7) is 2.27. The van der Waals surface area contributed by atoms with Gasteiger partial charge in [-0.05, 0) is 13.0 Å². The van der Waals surface area contributed by atoms with E-state index >= 15 is 0 Å². The molecule has 0 bridgehead atoms. The van der Waals surface area contributed by atoms with Gasteiger partial charge in [-0.2, -0.15) is 0 Å². The number of nitrogens with one attached hydrogen (secondary N) is 1. The van der Waals surface area contributed by atoms with Crippen molar-refractivity contribution in [1.82, 2.24) is 10.3 Å². The number of hydrogen-bond acceptors (Lipinski definition) is 7. The van der Waals surface area contributed by atoms with Gasteiger partial charge in [0.25, 0.3) is 11.6 Å². The van der Waals surface area contributed by atoms with Crippen LogP contribution in [0.5, 0.6) is 11.5 Å². The van der Waals surface area contributed by atoms with Crippen molar-refractivity contribution < 1.29 is 19.2 Å². The summed E-state index contributed by atoms with van der Waals surface area (Å²) in [7, 11) is 5.07. The van der Waals surface area contributed by atoms with Gasteiger partial charge < -0.3 is 19.7 Å². The zero-order valence-corrected chi connectivity index (χ0v) is 15.7. The second-order valence-corrected chi connectivity index (χ2v) is 5.77. The molecule has 144 valence electrons. The van der Waals surface area contributed by atoms with Gasteiger partial charge in [0.2, 0.25) is 0 Å². The molecule has 9 heteroatoms. The van der Waals surface area contributed by atoms with Gasteiger partial charge in [-0.15, -0.1) is 0 Å². The van der Waals surface area contributed by atoms with Gasteiger partial charge in [-0.3, -0.25) is 14.9 Å². The summed E-state index contributed by atoms with van der Waals surface area (Å²) in [5, 5.41) is 14.1. The topological polar surface area (TPSA) is 107 Å². The Morgan fingerprint density at radius 1 is 1.33 bits per heavy atom. The quantitative estimate of drug-likeness (QED) is 0.558. The van der Waals surface area contributed by atoms with Crippen molar-refractivity contribution in [2.75, 3.05) is 32.7 Å². The van der Waals surface area contributed by atoms with Crippen LogP contribution in [0.3, 0.4) is 0 Å². The number of anilines is 1. The maximum absolute atomic E-state index is 12.6. The number of nitro benzene ring substituents is 1. The molecule has 2 rings (SSSR count). The molecule has 0 radical (unpaired) electrons. The van der Waals surface area contributed by atoms with Crippen LogP contribution in [0.2, 0.25) is 0 Å². The number of ether oxygens (including phenoxy) is 2. The fourth-order valence-electron chi connectivity index (χ4n) is 2.55. The van der Waals surface area contributed by atoms with Crippen LogP contribution in [0.1, 0.15) is 22.8 Å². The van der Waals surface area contributed by atoms with Crippen LogP contribution < -0.4 is 19.7 Å². The largest absolute Gasteiger partial charge is 0.493 e. The molecule has 0 saturated heterocycles. The van der Waals surface area contributed by atoms with Crippen molar-refractivity contribution in [2.24, 2.45) is 0 Å². The van der Waals surface area contributed by atoms with Crippen molar-refractivity contribution in [3.05, 3.63) is 51.7 Å². The minimum atomic E-state index is -0.623. The Balaban J connectivity index is 2.32. The standard InChI is InChI=1S/C18H22N4O5/c1-5-27-16-9-13(14(22(24)25)10-15(16)26-4)18(23)20-11-12-7-6-8-19-17(12)21(2)3/h6-10H,5,11H2,1-4H3,(H,20,23). The Hall–Kier alpha value is -3.36. The van der Waals surface area contributed by atoms with Gasteiger partial charge in [-0.25, -0.2) is 4.98 Å². The first-order chi connectivity index (χ1) is 12.9. The van der Waals surface area contributed by atoms with Gasteiger partial charge in [0.1, 0.15) is 11.4 Å². The Kier molecular flexibility index (Phi) is 6.53. The van der Waals surface area contributed by atoms with E-state index < -0.39 is 10.8 Å². The van der Waals surface area contributed by atoms with Crippen LogP contribution in [-0.2, 0) is 6.54 Å². The van der Waals surface area contributed by atoms with Crippen molar-refractivity contribution >= 4 is 17.4 Å². The summed E-state index contributed by atoms with van der Waals surface area (Å²) in [5.74, 6) is 0.587. The molecule has 27 heavy (non-hydrogen) atoms. The van der Waals surface area contributed by atoms with E-state index in [0.717, 1.165) is 5.56 Å². The fourth-order valence-corrected chi connectivity index (χ4v) is 2.55. The fraction of sp³-hybridized carbons (Fsp3) is 0.333. The number of pyridine rings is 1. The highest BCUT2D eigenvalue weighted by Crippen LogP contribution is 2.34. The molecule has 1 N–H and O–H groups in total. The number of rotatable bonds is 8. The van der Waals surface area contributed by atoms with E-state index in [4.69, 9.17) is 9.47 Å². The van der Waals surface area contributed by atoms with Crippen LogP contribution in [0.4, 0.5) is 11.5 Å². The summed E-state index contributed by atoms with van der Waals surface area (Å²) in [5.41, 5.74) is 0.336. The van der Waals surface area contributed by atoms with E-state index in [-0.39, 0.29) is 29.3 Å². The van der Waals surface area contributed by atoms with Gasteiger partial charge in [0.05, 0.1) is 24.7 Å². The molecular formula is C18H22N4O5. The van der Waals surface area contributed by atoms with Crippen LogP contribution in [0.15, 0.2) is 30.5 Å². The Morgan fingerprint density at radius 2 is 2.07 bits per heavy atom. The number of aromatic nitrogens is 1. The summed E-state index contributed by atoms with van der Waals surface area (Å²) in [6, 6.07) is 6.11. The number of carbonyl (C=O) groups excluding carboxylic acids is 1. The first kappa shape index (κ1) is 20.0. The van der Waals surface area contributed by atoms with Crippen LogP contribution in [-0.4, -0.2) is 43.6 Å². The lowest BCUT2D eigenvalue weighted by atomic mass is 10.1. The Bertz CT molecular complexity index is 838. The third-order valence-electron chi connectivity index (χ3n) is 3.75. The lowest BCUT2D eigenvalue weighted by Crippen LogP contribution is -2.25. The Morgan fingerprint density at radius 3 is 2.67 bits per heavy atom. The molecule has 0 aliphatic rings. The highest BCUT2D eigenvalue weighted by Gasteiger charge is 2.24. The van der Waals surface area contributed by atoms with E-state index in [1.54, 1.807) is 19.2 Å². The van der Waals surface area contributed by atoms with Crippen molar-refractivity contribution in [2.45, 2.75) is 13.5 Å². The highest BCUT2D eigenvalue weighted by atomic mass is 16.6. The highest BCUT2D eigenvalue weighted by molar-refractivity contribution is 5.99. The van der Waals surface area contributed by atoms with E-state index in [0.29, 0.717) is 12.4 Å². The molecule has 1 amide bonds. The predicted octanol–water partition coefficient (Wildman–Crippen LogP) is 2.39. The van der Waals surface area contributed by atoms with E-state index in [9.17, 15) is 14.9 Å². The maximum Gasteiger partial charge on any atom is 0.286 e. The average Bonchev–Trinajstić information content (AvgIpc) is 2.65. The second kappa shape index (κ2) is 8.84. The molecule has 0 atom stereocenters. The van der Waals surface area contributed by atoms with Crippen LogP contribution >= 0.6 is 0 Å². The molecular weight excluding hydrogens is 352 g/mol. The smallest absolute Gasteiger partial charge is 0.286 e. The molecule has 1 heterocycles. The van der Waals surface area contributed by atoms with Crippen molar-refractivity contribution in [3.63, 3.8) is 0 Å². The minimum absolute atomic E-state index is 0.0976. The monoisotopic (exact) mass is 374 g/mol. The molecule has 0 unspecified atom stereocenters. The third kappa shape index (κ3) is 4.63. The van der Waals surface area contributed by atoms with Crippen molar-refractivity contribution in [3.8, 4) is 11.5 Å². The number of benzene rings is 1. The summed E-state index contributed by atoms with van der Waals surface area (Å²) >= 11 is 0. The first-order valence-electron chi connectivity index (χ1n) is 8.27. The van der Waals surface area contributed by atoms with E-state index in [1.165, 1.54) is 19.2 Å². The number of amides is 1. The molecule has 2 aromatic rings. The van der Waals surface area contributed by atoms with E-state index in [1.807, 2.05) is 25.1 Å². The lowest BCUT2D eigenvalue weighted by Gasteiger charge is -2.16. The average molecular weight is 374 g/mol. The number of nitro groups is 1. The van der Waals surface area contributed by atoms with Crippen molar-refractivity contribution in [1.29, 1.82) is 0 Å². The Labute approximate surface area is 157 Å². The second-order valence-electron chi connectivity index (χ2n) is 5.77. The normalized spacial score (nSPS) is 10.2. The molecule has 0 aliphatic carbocycles. The zero-order chi connectivity index (χ0) is 20.0. The minimum Gasteiger partial charge on any atom is -0.493 e. The summed E-state index contributed by atoms with van der Waals surface area (Å²) in [4.78, 5) is 29.5. The SMILES string of the molecule is CCOc1cc(C(=O)NCc2cccnc2N(C)C)c([N+](=O)[O-])cc1OC. The molecule has 0 saturated carbocycles. The number of nitrogens with zero attached hydrogens (tertiary/aromatic N) is 3. The number of carbonyl (C=O) groups is 1.